The predicted molar refractivity (Wildman–Crippen MR) is 79.3 cm³/mol. The standard InChI is InChI=1S/C13H19N3O4S/c1-9(2)8-15(10-3-4-10)21(19,20)13-7-11(16(17)18)5-6-12(13)14/h5-7,9-10H,3-4,8,14H2,1-2H3. The molecule has 0 amide bonds. The molecule has 1 aromatic carbocycles. The number of hydrogen-bond acceptors (Lipinski definition) is 5. The molecule has 1 saturated carbocycles. The Morgan fingerprint density at radius 1 is 1.43 bits per heavy atom. The van der Waals surface area contributed by atoms with E-state index in [2.05, 4.69) is 0 Å². The van der Waals surface area contributed by atoms with Crippen molar-refractivity contribution in [2.75, 3.05) is 12.3 Å². The van der Waals surface area contributed by atoms with E-state index >= 15 is 0 Å². The fourth-order valence-electron chi connectivity index (χ4n) is 2.15. The summed E-state index contributed by atoms with van der Waals surface area (Å²) in [6.07, 6.45) is 1.64. The van der Waals surface area contributed by atoms with Crippen molar-refractivity contribution in [1.82, 2.24) is 4.31 Å². The maximum Gasteiger partial charge on any atom is 0.270 e. The topological polar surface area (TPSA) is 107 Å². The van der Waals surface area contributed by atoms with Crippen LogP contribution in [0.25, 0.3) is 0 Å². The van der Waals surface area contributed by atoms with Gasteiger partial charge in [-0.05, 0) is 24.8 Å². The highest BCUT2D eigenvalue weighted by Gasteiger charge is 2.39. The van der Waals surface area contributed by atoms with Crippen LogP contribution in [0.3, 0.4) is 0 Å². The van der Waals surface area contributed by atoms with Gasteiger partial charge in [0.2, 0.25) is 10.0 Å². The number of nitrogens with two attached hydrogens (primary N) is 1. The van der Waals surface area contributed by atoms with Gasteiger partial charge in [0.25, 0.3) is 5.69 Å². The van der Waals surface area contributed by atoms with Gasteiger partial charge in [-0.1, -0.05) is 13.8 Å². The van der Waals surface area contributed by atoms with E-state index in [-0.39, 0.29) is 28.2 Å². The molecule has 0 heterocycles. The van der Waals surface area contributed by atoms with Gasteiger partial charge in [-0.2, -0.15) is 4.31 Å². The lowest BCUT2D eigenvalue weighted by molar-refractivity contribution is -0.385. The number of benzene rings is 1. The second kappa shape index (κ2) is 5.61. The van der Waals surface area contributed by atoms with Gasteiger partial charge in [0.15, 0.2) is 0 Å². The van der Waals surface area contributed by atoms with Gasteiger partial charge in [-0.3, -0.25) is 10.1 Å². The summed E-state index contributed by atoms with van der Waals surface area (Å²) in [6, 6.07) is 3.50. The van der Waals surface area contributed by atoms with E-state index in [4.69, 9.17) is 5.73 Å². The van der Waals surface area contributed by atoms with Gasteiger partial charge >= 0.3 is 0 Å². The number of hydrogen-bond donors (Lipinski definition) is 1. The van der Waals surface area contributed by atoms with Crippen molar-refractivity contribution in [3.63, 3.8) is 0 Å². The first-order valence-corrected chi connectivity index (χ1v) is 8.23. The van der Waals surface area contributed by atoms with E-state index in [0.717, 1.165) is 18.9 Å². The Kier molecular flexibility index (Phi) is 4.20. The molecular formula is C13H19N3O4S. The number of sulfonamides is 1. The van der Waals surface area contributed by atoms with Crippen molar-refractivity contribution in [2.45, 2.75) is 37.6 Å². The Morgan fingerprint density at radius 3 is 2.52 bits per heavy atom. The van der Waals surface area contributed by atoms with Crippen LogP contribution in [0.15, 0.2) is 23.1 Å². The summed E-state index contributed by atoms with van der Waals surface area (Å²) in [5.41, 5.74) is 5.50. The zero-order valence-corrected chi connectivity index (χ0v) is 12.8. The molecule has 0 aliphatic heterocycles. The molecule has 0 spiro atoms. The average molecular weight is 313 g/mol. The molecule has 1 aliphatic carbocycles. The lowest BCUT2D eigenvalue weighted by Crippen LogP contribution is -2.36. The third-order valence-electron chi connectivity index (χ3n) is 3.29. The number of nitrogen functional groups attached to an aromatic ring is 1. The van der Waals surface area contributed by atoms with Gasteiger partial charge < -0.3 is 5.73 Å². The van der Waals surface area contributed by atoms with Crippen LogP contribution in [0.1, 0.15) is 26.7 Å². The average Bonchev–Trinajstić information content (AvgIpc) is 3.19. The Morgan fingerprint density at radius 2 is 2.05 bits per heavy atom. The van der Waals surface area contributed by atoms with Crippen LogP contribution in [-0.4, -0.2) is 30.2 Å². The quantitative estimate of drug-likeness (QED) is 0.491. The summed E-state index contributed by atoms with van der Waals surface area (Å²) >= 11 is 0. The van der Waals surface area contributed by atoms with Gasteiger partial charge in [-0.25, -0.2) is 8.42 Å². The van der Waals surface area contributed by atoms with Crippen LogP contribution in [0.4, 0.5) is 11.4 Å². The fourth-order valence-corrected chi connectivity index (χ4v) is 4.14. The number of anilines is 1. The Bertz CT molecular complexity index is 653. The highest BCUT2D eigenvalue weighted by atomic mass is 32.2. The summed E-state index contributed by atoms with van der Waals surface area (Å²) in [5, 5.41) is 10.8. The molecule has 2 rings (SSSR count). The zero-order valence-electron chi connectivity index (χ0n) is 12.0. The third kappa shape index (κ3) is 3.33. The van der Waals surface area contributed by atoms with Crippen molar-refractivity contribution < 1.29 is 13.3 Å². The molecule has 7 nitrogen and oxygen atoms in total. The second-order valence-corrected chi connectivity index (χ2v) is 7.54. The lowest BCUT2D eigenvalue weighted by atomic mass is 10.2. The normalized spacial score (nSPS) is 15.6. The minimum absolute atomic E-state index is 0.0175. The third-order valence-corrected chi connectivity index (χ3v) is 5.27. The minimum Gasteiger partial charge on any atom is -0.398 e. The highest BCUT2D eigenvalue weighted by molar-refractivity contribution is 7.89. The summed E-state index contributed by atoms with van der Waals surface area (Å²) in [4.78, 5) is 10.0. The van der Waals surface area contributed by atoms with Crippen LogP contribution in [0, 0.1) is 16.0 Å². The van der Waals surface area contributed by atoms with E-state index in [1.807, 2.05) is 13.8 Å². The second-order valence-electron chi connectivity index (χ2n) is 5.68. The summed E-state index contributed by atoms with van der Waals surface area (Å²) in [5.74, 6) is 0.167. The summed E-state index contributed by atoms with van der Waals surface area (Å²) < 4.78 is 27.0. The first-order chi connectivity index (χ1) is 9.73. The number of rotatable bonds is 6. The molecule has 2 N–H and O–H groups in total. The van der Waals surface area contributed by atoms with Gasteiger partial charge in [0.1, 0.15) is 4.90 Å². The molecule has 1 aliphatic rings. The van der Waals surface area contributed by atoms with Crippen LogP contribution >= 0.6 is 0 Å². The fraction of sp³-hybridized carbons (Fsp3) is 0.538. The largest absolute Gasteiger partial charge is 0.398 e. The van der Waals surface area contributed by atoms with Crippen LogP contribution in [0.2, 0.25) is 0 Å². The first-order valence-electron chi connectivity index (χ1n) is 6.79. The van der Waals surface area contributed by atoms with Crippen LogP contribution in [-0.2, 0) is 10.0 Å². The molecule has 0 bridgehead atoms. The maximum atomic E-state index is 12.8. The smallest absolute Gasteiger partial charge is 0.270 e. The molecule has 0 radical (unpaired) electrons. The van der Waals surface area contributed by atoms with E-state index in [1.165, 1.54) is 16.4 Å². The summed E-state index contributed by atoms with van der Waals surface area (Å²) in [7, 11) is -3.82. The Hall–Kier alpha value is -1.67. The first kappa shape index (κ1) is 15.7. The molecule has 116 valence electrons. The number of nitro groups is 1. The summed E-state index contributed by atoms with van der Waals surface area (Å²) in [6.45, 7) is 4.25. The molecule has 1 fully saturated rings. The van der Waals surface area contributed by atoms with Crippen molar-refractivity contribution in [3.05, 3.63) is 28.3 Å². The van der Waals surface area contributed by atoms with Crippen molar-refractivity contribution in [1.29, 1.82) is 0 Å². The number of nitrogens with zero attached hydrogens (tertiary/aromatic N) is 2. The Labute approximate surface area is 123 Å². The lowest BCUT2D eigenvalue weighted by Gasteiger charge is -2.24. The highest BCUT2D eigenvalue weighted by Crippen LogP contribution is 2.35. The van der Waals surface area contributed by atoms with Gasteiger partial charge in [0.05, 0.1) is 10.6 Å². The molecule has 8 heteroatoms. The van der Waals surface area contributed by atoms with Crippen molar-refractivity contribution in [3.8, 4) is 0 Å². The van der Waals surface area contributed by atoms with Crippen molar-refractivity contribution in [2.24, 2.45) is 5.92 Å². The number of nitro benzene ring substituents is 1. The van der Waals surface area contributed by atoms with E-state index in [9.17, 15) is 18.5 Å². The molecule has 0 saturated heterocycles. The molecular weight excluding hydrogens is 294 g/mol. The van der Waals surface area contributed by atoms with Gasteiger partial charge in [-0.15, -0.1) is 0 Å². The van der Waals surface area contributed by atoms with Crippen molar-refractivity contribution >= 4 is 21.4 Å². The molecule has 0 atom stereocenters. The maximum absolute atomic E-state index is 12.8. The van der Waals surface area contributed by atoms with E-state index < -0.39 is 14.9 Å². The van der Waals surface area contributed by atoms with Crippen LogP contribution in [0.5, 0.6) is 0 Å². The molecule has 0 aromatic heterocycles. The monoisotopic (exact) mass is 313 g/mol. The molecule has 0 unspecified atom stereocenters. The van der Waals surface area contributed by atoms with E-state index in [1.54, 1.807) is 0 Å². The van der Waals surface area contributed by atoms with Crippen LogP contribution < -0.4 is 5.73 Å². The SMILES string of the molecule is CC(C)CN(C1CC1)S(=O)(=O)c1cc([N+](=O)[O-])ccc1N. The zero-order chi connectivity index (χ0) is 15.8. The minimum atomic E-state index is -3.82. The van der Waals surface area contributed by atoms with Gasteiger partial charge in [0, 0.05) is 24.7 Å². The number of non-ortho nitro benzene ring substituents is 1. The molecule has 21 heavy (non-hydrogen) atoms. The Balaban J connectivity index is 2.46. The predicted octanol–water partition coefficient (Wildman–Crippen LogP) is 1.99. The van der Waals surface area contributed by atoms with E-state index in [0.29, 0.717) is 6.54 Å². The molecule has 1 aromatic rings.